The molecule has 4 atom stereocenters. The number of carbonyl (C=O) groups excluding carboxylic acids is 1. The summed E-state index contributed by atoms with van der Waals surface area (Å²) in [6.07, 6.45) is 6.98. The summed E-state index contributed by atoms with van der Waals surface area (Å²) in [7, 11) is 1.33. The zero-order chi connectivity index (χ0) is 17.3. The molecule has 1 amide bonds. The number of carboxylic acid groups (broad SMARTS) is 1. The van der Waals surface area contributed by atoms with Crippen LogP contribution in [0.2, 0.25) is 0 Å². The maximum atomic E-state index is 13.8. The summed E-state index contributed by atoms with van der Waals surface area (Å²) in [4.78, 5) is 24.1. The second kappa shape index (κ2) is 6.63. The van der Waals surface area contributed by atoms with E-state index < -0.39 is 17.8 Å². The van der Waals surface area contributed by atoms with Gasteiger partial charge in [0.1, 0.15) is 0 Å². The number of hydrogen-bond donors (Lipinski definition) is 2. The maximum Gasteiger partial charge on any atom is 0.330 e. The molecule has 4 rings (SSSR count). The predicted octanol–water partition coefficient (Wildman–Crippen LogP) is 2.68. The lowest BCUT2D eigenvalue weighted by Gasteiger charge is -2.37. The minimum absolute atomic E-state index is 0.0314. The summed E-state index contributed by atoms with van der Waals surface area (Å²) in [6.45, 7) is 0. The highest BCUT2D eigenvalue weighted by Crippen LogP contribution is 2.40. The minimum atomic E-state index is -1.28. The molecule has 0 aromatic heterocycles. The molecule has 2 bridgehead atoms. The van der Waals surface area contributed by atoms with Crippen molar-refractivity contribution < 1.29 is 23.8 Å². The van der Waals surface area contributed by atoms with Crippen LogP contribution in [-0.4, -0.2) is 24.1 Å². The van der Waals surface area contributed by atoms with Gasteiger partial charge in [0.15, 0.2) is 17.6 Å². The van der Waals surface area contributed by atoms with Crippen LogP contribution in [-0.2, 0) is 9.59 Å². The fourth-order valence-electron chi connectivity index (χ4n) is 3.63. The fourth-order valence-corrected chi connectivity index (χ4v) is 3.63. The van der Waals surface area contributed by atoms with Crippen molar-refractivity contribution in [1.82, 2.24) is 5.32 Å². The molecule has 0 heterocycles. The summed E-state index contributed by atoms with van der Waals surface area (Å²) in [5, 5.41) is 12.0. The summed E-state index contributed by atoms with van der Waals surface area (Å²) in [5.41, 5.74) is 0.186. The summed E-state index contributed by atoms with van der Waals surface area (Å²) >= 11 is 0. The lowest BCUT2D eigenvalue weighted by Crippen LogP contribution is -2.43. The summed E-state index contributed by atoms with van der Waals surface area (Å²) in [6, 6.07) is 2.62. The van der Waals surface area contributed by atoms with Gasteiger partial charge in [0, 0.05) is 5.92 Å². The molecular weight excluding hydrogens is 313 g/mol. The van der Waals surface area contributed by atoms with Crippen LogP contribution in [0.3, 0.4) is 0 Å². The first kappa shape index (κ1) is 16.5. The van der Waals surface area contributed by atoms with Crippen molar-refractivity contribution in [3.05, 3.63) is 41.7 Å². The van der Waals surface area contributed by atoms with Gasteiger partial charge in [-0.3, -0.25) is 4.79 Å². The number of hydrogen-bond acceptors (Lipinski definition) is 3. The van der Waals surface area contributed by atoms with Gasteiger partial charge in [-0.1, -0.05) is 18.2 Å². The molecule has 3 aliphatic carbocycles. The number of aliphatic carboxylic acids is 1. The third kappa shape index (κ3) is 3.13. The highest BCUT2D eigenvalue weighted by Gasteiger charge is 2.37. The van der Waals surface area contributed by atoms with Crippen molar-refractivity contribution in [1.29, 1.82) is 0 Å². The Balaban J connectivity index is 1.77. The lowest BCUT2D eigenvalue weighted by molar-refractivity contribution is -0.143. The number of fused-ring (bicyclic) bond motifs is 2. The molecule has 0 aliphatic heterocycles. The van der Waals surface area contributed by atoms with Crippen molar-refractivity contribution in [2.45, 2.75) is 25.3 Å². The number of carboxylic acids is 1. The normalized spacial score (nSPS) is 26.0. The molecule has 128 valence electrons. The predicted molar refractivity (Wildman–Crippen MR) is 84.9 cm³/mol. The molecule has 1 unspecified atom stereocenters. The first-order valence-corrected chi connectivity index (χ1v) is 8.04. The van der Waals surface area contributed by atoms with E-state index in [0.717, 1.165) is 25.3 Å². The smallest absolute Gasteiger partial charge is 0.330 e. The Labute approximate surface area is 139 Å². The largest absolute Gasteiger partial charge is 0.494 e. The molecule has 1 fully saturated rings. The maximum absolute atomic E-state index is 13.8. The molecule has 3 aliphatic rings. The summed E-state index contributed by atoms with van der Waals surface area (Å²) in [5.74, 6) is -1.77. The van der Waals surface area contributed by atoms with Gasteiger partial charge in [-0.05, 0) is 48.8 Å². The van der Waals surface area contributed by atoms with Crippen LogP contribution in [0, 0.1) is 23.6 Å². The number of nitrogens with one attached hydrogen (secondary N) is 1. The average Bonchev–Trinajstić information content (AvgIpc) is 2.60. The monoisotopic (exact) mass is 333 g/mol. The number of halogens is 1. The Kier molecular flexibility index (Phi) is 4.55. The second-order valence-corrected chi connectivity index (χ2v) is 6.40. The van der Waals surface area contributed by atoms with E-state index in [1.54, 1.807) is 0 Å². The highest BCUT2D eigenvalue weighted by atomic mass is 19.1. The number of carbonyl (C=O) groups is 2. The number of benzene rings is 1. The molecule has 0 radical (unpaired) electrons. The molecule has 0 spiro atoms. The van der Waals surface area contributed by atoms with Crippen molar-refractivity contribution >= 4 is 11.9 Å². The van der Waals surface area contributed by atoms with Gasteiger partial charge in [-0.15, -0.1) is 0 Å². The van der Waals surface area contributed by atoms with Crippen LogP contribution in [0.4, 0.5) is 4.39 Å². The Morgan fingerprint density at radius 3 is 2.62 bits per heavy atom. The summed E-state index contributed by atoms with van der Waals surface area (Å²) < 4.78 is 18.7. The van der Waals surface area contributed by atoms with Gasteiger partial charge >= 0.3 is 5.97 Å². The van der Waals surface area contributed by atoms with Crippen LogP contribution >= 0.6 is 0 Å². The van der Waals surface area contributed by atoms with Gasteiger partial charge < -0.3 is 15.2 Å². The van der Waals surface area contributed by atoms with Gasteiger partial charge in [-0.2, -0.15) is 0 Å². The standard InChI is InChI=1S/C18H20FNO4/c1-24-15-7-6-12(9-14(15)19)16(18(22)23)20-17(21)13-8-10-2-4-11(13)5-3-10/h2,4,6-7,9-11,13,16H,3,5,8H2,1H3,(H,20,21)(H,22,23)/t10-,11+,13-,16?/m1/s1. The van der Waals surface area contributed by atoms with Crippen LogP contribution in [0.25, 0.3) is 0 Å². The van der Waals surface area contributed by atoms with E-state index in [1.807, 2.05) is 0 Å². The Morgan fingerprint density at radius 2 is 2.12 bits per heavy atom. The van der Waals surface area contributed by atoms with Crippen LogP contribution < -0.4 is 10.1 Å². The highest BCUT2D eigenvalue weighted by molar-refractivity contribution is 5.86. The third-order valence-corrected chi connectivity index (χ3v) is 4.95. The van der Waals surface area contributed by atoms with E-state index in [1.165, 1.54) is 19.2 Å². The van der Waals surface area contributed by atoms with Gasteiger partial charge in [0.05, 0.1) is 7.11 Å². The topological polar surface area (TPSA) is 75.6 Å². The number of methoxy groups -OCH3 is 1. The van der Waals surface area contributed by atoms with Crippen LogP contribution in [0.5, 0.6) is 5.75 Å². The van der Waals surface area contributed by atoms with Crippen molar-refractivity contribution in [3.63, 3.8) is 0 Å². The van der Waals surface area contributed by atoms with Gasteiger partial charge in [0.25, 0.3) is 0 Å². The van der Waals surface area contributed by atoms with Crippen LogP contribution in [0.15, 0.2) is 30.4 Å². The van der Waals surface area contributed by atoms with Crippen LogP contribution in [0.1, 0.15) is 30.9 Å². The van der Waals surface area contributed by atoms with Crippen molar-refractivity contribution in [2.75, 3.05) is 7.11 Å². The van der Waals surface area contributed by atoms with E-state index in [4.69, 9.17) is 4.74 Å². The molecule has 1 aromatic carbocycles. The quantitative estimate of drug-likeness (QED) is 0.813. The molecule has 1 saturated carbocycles. The van der Waals surface area contributed by atoms with Crippen molar-refractivity contribution in [2.24, 2.45) is 17.8 Å². The molecule has 24 heavy (non-hydrogen) atoms. The molecule has 5 nitrogen and oxygen atoms in total. The molecule has 0 saturated heterocycles. The van der Waals surface area contributed by atoms with E-state index in [2.05, 4.69) is 17.5 Å². The number of rotatable bonds is 5. The Bertz CT molecular complexity index is 688. The first-order chi connectivity index (χ1) is 11.5. The zero-order valence-electron chi connectivity index (χ0n) is 13.4. The SMILES string of the molecule is COc1ccc(C(NC(=O)[C@@H]2C[C@@H]3C=C[C@H]2CC3)C(=O)O)cc1F. The third-order valence-electron chi connectivity index (χ3n) is 4.95. The Hall–Kier alpha value is -2.37. The van der Waals surface area contributed by atoms with E-state index in [0.29, 0.717) is 5.92 Å². The molecular formula is C18H20FNO4. The number of amides is 1. The van der Waals surface area contributed by atoms with E-state index in [-0.39, 0.29) is 29.1 Å². The molecule has 6 heteroatoms. The zero-order valence-corrected chi connectivity index (χ0v) is 13.4. The van der Waals surface area contributed by atoms with Crippen molar-refractivity contribution in [3.8, 4) is 5.75 Å². The second-order valence-electron chi connectivity index (χ2n) is 6.40. The minimum Gasteiger partial charge on any atom is -0.494 e. The average molecular weight is 333 g/mol. The lowest BCUT2D eigenvalue weighted by atomic mass is 9.69. The van der Waals surface area contributed by atoms with E-state index in [9.17, 15) is 19.1 Å². The van der Waals surface area contributed by atoms with E-state index >= 15 is 0 Å². The van der Waals surface area contributed by atoms with Gasteiger partial charge in [0.2, 0.25) is 5.91 Å². The number of allylic oxidation sites excluding steroid dienone is 2. The Morgan fingerprint density at radius 1 is 1.33 bits per heavy atom. The fraction of sp³-hybridized carbons (Fsp3) is 0.444. The molecule has 1 aromatic rings. The van der Waals surface area contributed by atoms with Gasteiger partial charge in [-0.25, -0.2) is 9.18 Å². The first-order valence-electron chi connectivity index (χ1n) is 8.04. The number of ether oxygens (including phenoxy) is 1. The molecule has 2 N–H and O–H groups in total.